The van der Waals surface area contributed by atoms with Crippen molar-refractivity contribution in [1.82, 2.24) is 5.32 Å². The number of carbonyl (C=O) groups is 1. The maximum atomic E-state index is 12.2. The maximum Gasteiger partial charge on any atom is 0.227 e. The quantitative estimate of drug-likeness (QED) is 0.782. The third kappa shape index (κ3) is 3.89. The minimum Gasteiger partial charge on any atom is -0.355 e. The van der Waals surface area contributed by atoms with Crippen molar-refractivity contribution in [1.29, 1.82) is 5.26 Å². The van der Waals surface area contributed by atoms with Gasteiger partial charge >= 0.3 is 0 Å². The van der Waals surface area contributed by atoms with E-state index in [2.05, 4.69) is 19.2 Å². The molecule has 2 unspecified atom stereocenters. The van der Waals surface area contributed by atoms with Crippen molar-refractivity contribution < 1.29 is 4.79 Å². The zero-order chi connectivity index (χ0) is 13.4. The predicted molar refractivity (Wildman–Crippen MR) is 71.9 cm³/mol. The fourth-order valence-electron chi connectivity index (χ4n) is 1.99. The third-order valence-electron chi connectivity index (χ3n) is 3.19. The van der Waals surface area contributed by atoms with Crippen molar-refractivity contribution in [2.24, 2.45) is 5.92 Å². The molecule has 1 aromatic carbocycles. The lowest BCUT2D eigenvalue weighted by molar-refractivity contribution is -0.123. The first-order valence-electron chi connectivity index (χ1n) is 6.40. The van der Waals surface area contributed by atoms with Crippen molar-refractivity contribution in [3.63, 3.8) is 0 Å². The number of nitriles is 1. The van der Waals surface area contributed by atoms with Gasteiger partial charge in [0.1, 0.15) is 0 Å². The molecule has 0 aliphatic rings. The van der Waals surface area contributed by atoms with E-state index in [0.29, 0.717) is 13.0 Å². The molecular weight excluding hydrogens is 224 g/mol. The standard InChI is InChI=1S/C15H20N2O/c1-3-12(2)14(13-8-5-4-6-9-13)15(18)17-11-7-10-16/h4-6,8-9,12,14H,3,7,11H2,1-2H3,(H,17,18). The first kappa shape index (κ1) is 14.2. The molecule has 3 heteroatoms. The predicted octanol–water partition coefficient (Wildman–Crippen LogP) is 2.85. The van der Waals surface area contributed by atoms with Gasteiger partial charge < -0.3 is 5.32 Å². The van der Waals surface area contributed by atoms with Crippen LogP contribution in [0.15, 0.2) is 30.3 Å². The third-order valence-corrected chi connectivity index (χ3v) is 3.19. The first-order chi connectivity index (χ1) is 8.70. The average Bonchev–Trinajstić information content (AvgIpc) is 2.40. The van der Waals surface area contributed by atoms with E-state index < -0.39 is 0 Å². The number of amides is 1. The number of nitrogens with zero attached hydrogens (tertiary/aromatic N) is 1. The molecule has 0 saturated heterocycles. The fraction of sp³-hybridized carbons (Fsp3) is 0.467. The number of hydrogen-bond donors (Lipinski definition) is 1. The normalized spacial score (nSPS) is 13.4. The Morgan fingerprint density at radius 2 is 2.06 bits per heavy atom. The van der Waals surface area contributed by atoms with E-state index in [4.69, 9.17) is 5.26 Å². The molecule has 96 valence electrons. The van der Waals surface area contributed by atoms with E-state index in [-0.39, 0.29) is 17.7 Å². The first-order valence-corrected chi connectivity index (χ1v) is 6.40. The van der Waals surface area contributed by atoms with E-state index in [0.717, 1.165) is 12.0 Å². The lowest BCUT2D eigenvalue weighted by Gasteiger charge is -2.22. The van der Waals surface area contributed by atoms with Gasteiger partial charge in [-0.05, 0) is 11.5 Å². The number of carbonyl (C=O) groups excluding carboxylic acids is 1. The Hall–Kier alpha value is -1.82. The van der Waals surface area contributed by atoms with Crippen LogP contribution in [-0.2, 0) is 4.79 Å². The van der Waals surface area contributed by atoms with Gasteiger partial charge in [0.25, 0.3) is 0 Å². The molecule has 1 N–H and O–H groups in total. The molecule has 3 nitrogen and oxygen atoms in total. The molecular formula is C15H20N2O. The average molecular weight is 244 g/mol. The second-order valence-corrected chi connectivity index (χ2v) is 4.47. The van der Waals surface area contributed by atoms with E-state index in [9.17, 15) is 4.79 Å². The van der Waals surface area contributed by atoms with E-state index >= 15 is 0 Å². The Labute approximate surface area is 109 Å². The summed E-state index contributed by atoms with van der Waals surface area (Å²) in [6, 6.07) is 11.9. The van der Waals surface area contributed by atoms with E-state index in [1.807, 2.05) is 36.4 Å². The molecule has 0 heterocycles. The van der Waals surface area contributed by atoms with Crippen LogP contribution >= 0.6 is 0 Å². The Bertz CT molecular complexity index is 408. The van der Waals surface area contributed by atoms with Gasteiger partial charge in [-0.25, -0.2) is 0 Å². The summed E-state index contributed by atoms with van der Waals surface area (Å²) in [6.07, 6.45) is 1.30. The van der Waals surface area contributed by atoms with Crippen LogP contribution in [0.5, 0.6) is 0 Å². The number of hydrogen-bond acceptors (Lipinski definition) is 2. The summed E-state index contributed by atoms with van der Waals surface area (Å²) in [5.74, 6) is 0.176. The lowest BCUT2D eigenvalue weighted by Crippen LogP contribution is -2.33. The zero-order valence-corrected chi connectivity index (χ0v) is 11.0. The van der Waals surface area contributed by atoms with Crippen molar-refractivity contribution in [2.45, 2.75) is 32.6 Å². The molecule has 0 aliphatic heterocycles. The molecule has 1 aromatic rings. The Morgan fingerprint density at radius 3 is 2.61 bits per heavy atom. The maximum absolute atomic E-state index is 12.2. The Morgan fingerprint density at radius 1 is 1.39 bits per heavy atom. The summed E-state index contributed by atoms with van der Waals surface area (Å²) < 4.78 is 0. The van der Waals surface area contributed by atoms with E-state index in [1.165, 1.54) is 0 Å². The molecule has 0 radical (unpaired) electrons. The molecule has 0 aromatic heterocycles. The number of rotatable bonds is 6. The van der Waals surface area contributed by atoms with Crippen LogP contribution < -0.4 is 5.32 Å². The van der Waals surface area contributed by atoms with Gasteiger partial charge in [-0.1, -0.05) is 50.6 Å². The van der Waals surface area contributed by atoms with Crippen LogP contribution in [0.3, 0.4) is 0 Å². The Balaban J connectivity index is 2.80. The minimum absolute atomic E-state index is 0.0193. The van der Waals surface area contributed by atoms with Gasteiger partial charge in [0.05, 0.1) is 18.4 Å². The Kier molecular flexibility index (Phi) is 5.93. The minimum atomic E-state index is -0.130. The summed E-state index contributed by atoms with van der Waals surface area (Å²) in [5, 5.41) is 11.3. The highest BCUT2D eigenvalue weighted by molar-refractivity contribution is 5.83. The molecule has 1 rings (SSSR count). The van der Waals surface area contributed by atoms with Crippen LogP contribution in [0, 0.1) is 17.2 Å². The van der Waals surface area contributed by atoms with E-state index in [1.54, 1.807) is 0 Å². The topological polar surface area (TPSA) is 52.9 Å². The van der Waals surface area contributed by atoms with Crippen molar-refractivity contribution in [2.75, 3.05) is 6.54 Å². The molecule has 0 aliphatic carbocycles. The summed E-state index contributed by atoms with van der Waals surface area (Å²) in [5.41, 5.74) is 1.04. The van der Waals surface area contributed by atoms with Crippen molar-refractivity contribution in [3.05, 3.63) is 35.9 Å². The number of benzene rings is 1. The summed E-state index contributed by atoms with van der Waals surface area (Å²) in [4.78, 5) is 12.2. The van der Waals surface area contributed by atoms with Crippen LogP contribution in [0.1, 0.15) is 38.2 Å². The summed E-state index contributed by atoms with van der Waals surface area (Å²) >= 11 is 0. The van der Waals surface area contributed by atoms with Crippen LogP contribution in [0.4, 0.5) is 0 Å². The molecule has 1 amide bonds. The van der Waals surface area contributed by atoms with Gasteiger partial charge in [-0.15, -0.1) is 0 Å². The second kappa shape index (κ2) is 7.50. The van der Waals surface area contributed by atoms with Crippen LogP contribution in [-0.4, -0.2) is 12.5 Å². The van der Waals surface area contributed by atoms with Gasteiger partial charge in [0.15, 0.2) is 0 Å². The summed E-state index contributed by atoms with van der Waals surface area (Å²) in [7, 11) is 0. The molecule has 2 atom stereocenters. The lowest BCUT2D eigenvalue weighted by atomic mass is 9.85. The van der Waals surface area contributed by atoms with Crippen LogP contribution in [0.2, 0.25) is 0 Å². The monoisotopic (exact) mass is 244 g/mol. The smallest absolute Gasteiger partial charge is 0.227 e. The van der Waals surface area contributed by atoms with Gasteiger partial charge in [-0.2, -0.15) is 5.26 Å². The number of nitrogens with one attached hydrogen (secondary N) is 1. The molecule has 0 spiro atoms. The van der Waals surface area contributed by atoms with Crippen LogP contribution in [0.25, 0.3) is 0 Å². The second-order valence-electron chi connectivity index (χ2n) is 4.47. The zero-order valence-electron chi connectivity index (χ0n) is 11.0. The SMILES string of the molecule is CCC(C)C(C(=O)NCCC#N)c1ccccc1. The molecule has 0 saturated carbocycles. The summed E-state index contributed by atoms with van der Waals surface area (Å²) in [6.45, 7) is 4.60. The largest absolute Gasteiger partial charge is 0.355 e. The fourth-order valence-corrected chi connectivity index (χ4v) is 1.99. The van der Waals surface area contributed by atoms with Gasteiger partial charge in [-0.3, -0.25) is 4.79 Å². The van der Waals surface area contributed by atoms with Crippen molar-refractivity contribution >= 4 is 5.91 Å². The molecule has 0 bridgehead atoms. The molecule has 0 fully saturated rings. The molecule has 18 heavy (non-hydrogen) atoms. The van der Waals surface area contributed by atoms with Gasteiger partial charge in [0.2, 0.25) is 5.91 Å². The highest BCUT2D eigenvalue weighted by atomic mass is 16.1. The highest BCUT2D eigenvalue weighted by Crippen LogP contribution is 2.26. The highest BCUT2D eigenvalue weighted by Gasteiger charge is 2.25. The van der Waals surface area contributed by atoms with Crippen molar-refractivity contribution in [3.8, 4) is 6.07 Å². The van der Waals surface area contributed by atoms with Gasteiger partial charge in [0, 0.05) is 6.54 Å².